The normalized spacial score (nSPS) is 11.5. The first-order valence-corrected chi connectivity index (χ1v) is 7.97. The van der Waals surface area contributed by atoms with E-state index in [1.807, 2.05) is 38.1 Å². The summed E-state index contributed by atoms with van der Waals surface area (Å²) in [5.41, 5.74) is 0.735. The Kier molecular flexibility index (Phi) is 8.74. The largest absolute Gasteiger partial charge is 0.494 e. The van der Waals surface area contributed by atoms with Gasteiger partial charge in [0.25, 0.3) is 6.57 Å². The van der Waals surface area contributed by atoms with Crippen molar-refractivity contribution in [3.8, 4) is 12.3 Å². The van der Waals surface area contributed by atoms with Crippen LogP contribution < -0.4 is 4.74 Å². The summed E-state index contributed by atoms with van der Waals surface area (Å²) >= 11 is 0. The van der Waals surface area contributed by atoms with Crippen molar-refractivity contribution in [3.05, 3.63) is 29.1 Å². The molecule has 4 heteroatoms. The second-order valence-corrected chi connectivity index (χ2v) is 5.36. The Bertz CT molecular complexity index is 476. The third kappa shape index (κ3) is 7.12. The van der Waals surface area contributed by atoms with Crippen molar-refractivity contribution in [2.75, 3.05) is 13.2 Å². The molecule has 0 N–H and O–H groups in total. The number of esters is 1. The van der Waals surface area contributed by atoms with E-state index in [0.717, 1.165) is 43.5 Å². The molecule has 0 amide bonds. The standard InChI is InChI=1S/C18H26NO3/c1-4-15(2)18(20)22-14-8-6-5-7-13-21-17-11-9-16(19-3)10-12-17/h3,9-12,15H,4-8,13-14H2,1-2H3/q+1. The van der Waals surface area contributed by atoms with E-state index in [1.54, 1.807) is 0 Å². The lowest BCUT2D eigenvalue weighted by Gasteiger charge is -2.09. The van der Waals surface area contributed by atoms with Crippen LogP contribution in [0.4, 0.5) is 5.69 Å². The van der Waals surface area contributed by atoms with E-state index in [2.05, 4.69) is 4.85 Å². The molecule has 120 valence electrons. The summed E-state index contributed by atoms with van der Waals surface area (Å²) in [4.78, 5) is 15.0. The van der Waals surface area contributed by atoms with Crippen molar-refractivity contribution < 1.29 is 14.3 Å². The number of hydrogen-bond donors (Lipinski definition) is 0. The van der Waals surface area contributed by atoms with Crippen LogP contribution in [0.5, 0.6) is 5.75 Å². The zero-order valence-corrected chi connectivity index (χ0v) is 13.6. The summed E-state index contributed by atoms with van der Waals surface area (Å²) in [6, 6.07) is 7.36. The van der Waals surface area contributed by atoms with Crippen molar-refractivity contribution in [2.45, 2.75) is 46.0 Å². The fourth-order valence-electron chi connectivity index (χ4n) is 1.86. The van der Waals surface area contributed by atoms with Crippen LogP contribution in [-0.2, 0) is 9.53 Å². The first kappa shape index (κ1) is 18.0. The molecule has 0 aliphatic carbocycles. The van der Waals surface area contributed by atoms with Crippen molar-refractivity contribution in [2.24, 2.45) is 5.92 Å². The number of rotatable bonds is 10. The molecule has 1 aromatic carbocycles. The number of hydrogen-bond acceptors (Lipinski definition) is 3. The highest BCUT2D eigenvalue weighted by atomic mass is 16.5. The molecule has 0 radical (unpaired) electrons. The number of unbranched alkanes of at least 4 members (excludes halogenated alkanes) is 3. The second-order valence-electron chi connectivity index (χ2n) is 5.36. The Hall–Kier alpha value is -2.02. The van der Waals surface area contributed by atoms with E-state index in [1.165, 1.54) is 0 Å². The van der Waals surface area contributed by atoms with E-state index in [-0.39, 0.29) is 11.9 Å². The molecule has 0 saturated carbocycles. The SMILES string of the molecule is C#[N+]c1ccc(OCCCCCCOC(=O)C(C)CC)cc1. The summed E-state index contributed by atoms with van der Waals surface area (Å²) in [7, 11) is 0. The van der Waals surface area contributed by atoms with Crippen LogP contribution in [0.15, 0.2) is 24.3 Å². The predicted molar refractivity (Wildman–Crippen MR) is 88.8 cm³/mol. The van der Waals surface area contributed by atoms with E-state index in [0.29, 0.717) is 13.2 Å². The lowest BCUT2D eigenvalue weighted by Crippen LogP contribution is -2.14. The van der Waals surface area contributed by atoms with Gasteiger partial charge in [-0.05, 0) is 49.1 Å². The zero-order chi connectivity index (χ0) is 16.2. The molecule has 0 bridgehead atoms. The summed E-state index contributed by atoms with van der Waals surface area (Å²) in [5, 5.41) is 0. The summed E-state index contributed by atoms with van der Waals surface area (Å²) < 4.78 is 10.8. The molecule has 0 heterocycles. The van der Waals surface area contributed by atoms with Crippen LogP contribution in [0, 0.1) is 12.5 Å². The van der Waals surface area contributed by atoms with Gasteiger partial charge < -0.3 is 9.47 Å². The van der Waals surface area contributed by atoms with Crippen LogP contribution >= 0.6 is 0 Å². The number of ether oxygens (including phenoxy) is 2. The average Bonchev–Trinajstić information content (AvgIpc) is 2.56. The van der Waals surface area contributed by atoms with Gasteiger partial charge >= 0.3 is 11.7 Å². The molecule has 0 aliphatic rings. The van der Waals surface area contributed by atoms with Crippen molar-refractivity contribution in [1.29, 1.82) is 0 Å². The molecule has 22 heavy (non-hydrogen) atoms. The Morgan fingerprint density at radius 2 is 1.77 bits per heavy atom. The van der Waals surface area contributed by atoms with Gasteiger partial charge in [-0.3, -0.25) is 4.79 Å². The van der Waals surface area contributed by atoms with Gasteiger partial charge in [0, 0.05) is 12.1 Å². The molecule has 0 aromatic heterocycles. The smallest absolute Gasteiger partial charge is 0.340 e. The molecule has 0 fully saturated rings. The molecule has 1 aromatic rings. The third-order valence-corrected chi connectivity index (χ3v) is 3.55. The van der Waals surface area contributed by atoms with Gasteiger partial charge in [0.2, 0.25) is 0 Å². The van der Waals surface area contributed by atoms with E-state index < -0.39 is 0 Å². The fraction of sp³-hybridized carbons (Fsp3) is 0.556. The number of carbonyl (C=O) groups is 1. The first-order valence-electron chi connectivity index (χ1n) is 7.97. The predicted octanol–water partition coefficient (Wildman–Crippen LogP) is 4.81. The van der Waals surface area contributed by atoms with Crippen LogP contribution in [-0.4, -0.2) is 19.2 Å². The molecule has 0 spiro atoms. The fourth-order valence-corrected chi connectivity index (χ4v) is 1.86. The van der Waals surface area contributed by atoms with E-state index >= 15 is 0 Å². The maximum atomic E-state index is 11.5. The summed E-state index contributed by atoms with van der Waals surface area (Å²) in [6.45, 7) is 10.3. The lowest BCUT2D eigenvalue weighted by atomic mass is 10.1. The minimum absolute atomic E-state index is 0.00635. The molecular weight excluding hydrogens is 278 g/mol. The van der Waals surface area contributed by atoms with Gasteiger partial charge in [-0.25, -0.2) is 0 Å². The molecule has 1 unspecified atom stereocenters. The topological polar surface area (TPSA) is 39.9 Å². The molecule has 1 atom stereocenters. The van der Waals surface area contributed by atoms with Gasteiger partial charge in [0.05, 0.1) is 19.1 Å². The van der Waals surface area contributed by atoms with Crippen LogP contribution in [0.2, 0.25) is 0 Å². The minimum Gasteiger partial charge on any atom is -0.494 e. The number of nitrogens with zero attached hydrogens (tertiary/aromatic N) is 1. The van der Waals surface area contributed by atoms with Gasteiger partial charge in [-0.2, -0.15) is 0 Å². The Labute approximate surface area is 133 Å². The van der Waals surface area contributed by atoms with Gasteiger partial charge in [-0.15, -0.1) is 0 Å². The van der Waals surface area contributed by atoms with E-state index in [4.69, 9.17) is 16.0 Å². The molecule has 4 nitrogen and oxygen atoms in total. The van der Waals surface area contributed by atoms with E-state index in [9.17, 15) is 4.79 Å². The highest BCUT2D eigenvalue weighted by Crippen LogP contribution is 2.18. The van der Waals surface area contributed by atoms with Crippen LogP contribution in [0.3, 0.4) is 0 Å². The summed E-state index contributed by atoms with van der Waals surface area (Å²) in [5.74, 6) is 0.750. The van der Waals surface area contributed by atoms with Gasteiger partial charge in [-0.1, -0.05) is 13.8 Å². The number of carbonyl (C=O) groups excluding carboxylic acids is 1. The minimum atomic E-state index is -0.0847. The average molecular weight is 304 g/mol. The maximum absolute atomic E-state index is 11.5. The summed E-state index contributed by atoms with van der Waals surface area (Å²) in [6.07, 6.45) is 4.84. The molecule has 0 aliphatic heterocycles. The Balaban J connectivity index is 1.99. The Morgan fingerprint density at radius 3 is 2.36 bits per heavy atom. The van der Waals surface area contributed by atoms with Crippen molar-refractivity contribution in [1.82, 2.24) is 0 Å². The van der Waals surface area contributed by atoms with Crippen LogP contribution in [0.25, 0.3) is 4.85 Å². The van der Waals surface area contributed by atoms with Crippen molar-refractivity contribution >= 4 is 11.7 Å². The highest BCUT2D eigenvalue weighted by Gasteiger charge is 2.10. The maximum Gasteiger partial charge on any atom is 0.340 e. The molecular formula is C18H26NO3+. The monoisotopic (exact) mass is 304 g/mol. The van der Waals surface area contributed by atoms with Crippen LogP contribution in [0.1, 0.15) is 46.0 Å². The van der Waals surface area contributed by atoms with Gasteiger partial charge in [0.1, 0.15) is 5.75 Å². The van der Waals surface area contributed by atoms with Gasteiger partial charge in [0.15, 0.2) is 0 Å². The third-order valence-electron chi connectivity index (χ3n) is 3.55. The van der Waals surface area contributed by atoms with Crippen molar-refractivity contribution in [3.63, 3.8) is 0 Å². The quantitative estimate of drug-likeness (QED) is 0.460. The zero-order valence-electron chi connectivity index (χ0n) is 13.6. The highest BCUT2D eigenvalue weighted by molar-refractivity contribution is 5.71. The molecule has 1 rings (SSSR count). The second kappa shape index (κ2) is 10.7. The molecule has 0 saturated heterocycles. The number of benzene rings is 1. The first-order chi connectivity index (χ1) is 10.7. The Morgan fingerprint density at radius 1 is 1.14 bits per heavy atom. The lowest BCUT2D eigenvalue weighted by molar-refractivity contribution is -0.148.